The lowest BCUT2D eigenvalue weighted by molar-refractivity contribution is 0.101. The molecule has 0 amide bonds. The summed E-state index contributed by atoms with van der Waals surface area (Å²) in [5.74, 6) is 0.868. The van der Waals surface area contributed by atoms with Gasteiger partial charge < -0.3 is 4.74 Å². The number of nitrogens with zero attached hydrogens (tertiary/aromatic N) is 1. The van der Waals surface area contributed by atoms with Gasteiger partial charge in [-0.2, -0.15) is 0 Å². The predicted octanol–water partition coefficient (Wildman–Crippen LogP) is 4.03. The number of ether oxygens (including phenoxy) is 1. The summed E-state index contributed by atoms with van der Waals surface area (Å²) in [7, 11) is 1.56. The van der Waals surface area contributed by atoms with Crippen LogP contribution in [0.2, 0.25) is 5.02 Å². The molecule has 1 aromatic carbocycles. The van der Waals surface area contributed by atoms with Gasteiger partial charge in [0.05, 0.1) is 23.4 Å². The first kappa shape index (κ1) is 14.9. The van der Waals surface area contributed by atoms with Gasteiger partial charge in [-0.05, 0) is 36.8 Å². The molecule has 2 aromatic rings. The van der Waals surface area contributed by atoms with Crippen molar-refractivity contribution in [3.63, 3.8) is 0 Å². The van der Waals surface area contributed by atoms with E-state index in [0.29, 0.717) is 21.4 Å². The number of halogens is 1. The van der Waals surface area contributed by atoms with Crippen LogP contribution >= 0.6 is 23.4 Å². The van der Waals surface area contributed by atoms with Crippen LogP contribution in [0.4, 0.5) is 0 Å². The van der Waals surface area contributed by atoms with Gasteiger partial charge in [0.15, 0.2) is 5.78 Å². The van der Waals surface area contributed by atoms with Crippen molar-refractivity contribution in [3.8, 4) is 5.75 Å². The smallest absolute Gasteiger partial charge is 0.176 e. The molecule has 0 fully saturated rings. The quantitative estimate of drug-likeness (QED) is 0.617. The number of ketones is 1. The van der Waals surface area contributed by atoms with Crippen molar-refractivity contribution >= 4 is 29.1 Å². The molecule has 0 atom stereocenters. The van der Waals surface area contributed by atoms with E-state index in [9.17, 15) is 4.79 Å². The zero-order valence-electron chi connectivity index (χ0n) is 11.2. The summed E-state index contributed by atoms with van der Waals surface area (Å²) in [6.45, 7) is 1.96. The summed E-state index contributed by atoms with van der Waals surface area (Å²) in [5, 5.41) is 1.22. The van der Waals surface area contributed by atoms with Crippen molar-refractivity contribution in [3.05, 3.63) is 52.7 Å². The van der Waals surface area contributed by atoms with Gasteiger partial charge in [-0.25, -0.2) is 4.98 Å². The van der Waals surface area contributed by atoms with Crippen molar-refractivity contribution in [1.29, 1.82) is 0 Å². The number of carbonyl (C=O) groups excluding carboxylic acids is 1. The summed E-state index contributed by atoms with van der Waals surface area (Å²) >= 11 is 7.34. The van der Waals surface area contributed by atoms with Crippen molar-refractivity contribution in [2.24, 2.45) is 0 Å². The third kappa shape index (κ3) is 3.52. The minimum Gasteiger partial charge on any atom is -0.496 e. The van der Waals surface area contributed by atoms with Crippen molar-refractivity contribution < 1.29 is 9.53 Å². The molecule has 0 N–H and O–H groups in total. The van der Waals surface area contributed by atoms with Crippen LogP contribution in [-0.4, -0.2) is 23.6 Å². The lowest BCUT2D eigenvalue weighted by atomic mass is 10.1. The van der Waals surface area contributed by atoms with E-state index in [1.165, 1.54) is 11.8 Å². The van der Waals surface area contributed by atoms with E-state index in [-0.39, 0.29) is 11.5 Å². The molecule has 0 unspecified atom stereocenters. The highest BCUT2D eigenvalue weighted by Crippen LogP contribution is 2.27. The van der Waals surface area contributed by atoms with Gasteiger partial charge in [-0.15, -0.1) is 0 Å². The second kappa shape index (κ2) is 6.77. The molecule has 0 bridgehead atoms. The average molecular weight is 308 g/mol. The van der Waals surface area contributed by atoms with Crippen LogP contribution in [0, 0.1) is 6.92 Å². The number of hydrogen-bond acceptors (Lipinski definition) is 4. The Labute approximate surface area is 127 Å². The van der Waals surface area contributed by atoms with Crippen molar-refractivity contribution in [2.45, 2.75) is 11.9 Å². The van der Waals surface area contributed by atoms with E-state index in [0.717, 1.165) is 5.56 Å². The molecule has 0 saturated heterocycles. The normalized spacial score (nSPS) is 10.3. The number of aromatic nitrogens is 1. The number of benzene rings is 1. The van der Waals surface area contributed by atoms with Crippen LogP contribution in [0.3, 0.4) is 0 Å². The highest BCUT2D eigenvalue weighted by Gasteiger charge is 2.13. The van der Waals surface area contributed by atoms with Crippen molar-refractivity contribution in [2.75, 3.05) is 12.9 Å². The highest BCUT2D eigenvalue weighted by molar-refractivity contribution is 8.00. The molecule has 5 heteroatoms. The van der Waals surface area contributed by atoms with Crippen LogP contribution in [-0.2, 0) is 0 Å². The van der Waals surface area contributed by atoms with Crippen LogP contribution in [0.15, 0.2) is 41.6 Å². The Hall–Kier alpha value is -1.52. The van der Waals surface area contributed by atoms with Gasteiger partial charge >= 0.3 is 0 Å². The third-order valence-corrected chi connectivity index (χ3v) is 4.14. The van der Waals surface area contributed by atoms with Gasteiger partial charge in [-0.3, -0.25) is 4.79 Å². The minimum absolute atomic E-state index is 0.00595. The van der Waals surface area contributed by atoms with E-state index < -0.39 is 0 Å². The Bertz CT molecular complexity index is 631. The number of aryl methyl sites for hydroxylation is 1. The first-order chi connectivity index (χ1) is 9.61. The number of carbonyl (C=O) groups is 1. The molecule has 0 aliphatic carbocycles. The van der Waals surface area contributed by atoms with Crippen LogP contribution < -0.4 is 4.74 Å². The fourth-order valence-corrected chi connectivity index (χ4v) is 2.77. The first-order valence-electron chi connectivity index (χ1n) is 6.03. The third-order valence-electron chi connectivity index (χ3n) is 2.72. The molecule has 1 heterocycles. The zero-order chi connectivity index (χ0) is 14.5. The van der Waals surface area contributed by atoms with Crippen LogP contribution in [0.25, 0.3) is 0 Å². The van der Waals surface area contributed by atoms with E-state index in [1.807, 2.05) is 19.1 Å². The summed E-state index contributed by atoms with van der Waals surface area (Å²) in [5.41, 5.74) is 1.64. The lowest BCUT2D eigenvalue weighted by Crippen LogP contribution is -2.05. The summed E-state index contributed by atoms with van der Waals surface area (Å²) < 4.78 is 5.25. The predicted molar refractivity (Wildman–Crippen MR) is 82.0 cm³/mol. The fraction of sp³-hybridized carbons (Fsp3) is 0.200. The Balaban J connectivity index is 2.11. The molecule has 20 heavy (non-hydrogen) atoms. The standard InChI is InChI=1S/C15H14ClNO2S/c1-10-5-6-11(14(8-10)19-2)13(18)9-20-15-12(16)4-3-7-17-15/h3-8H,9H2,1-2H3. The maximum absolute atomic E-state index is 12.2. The molecule has 1 aromatic heterocycles. The Kier molecular flexibility index (Phi) is 5.04. The number of Topliss-reactive ketones (excluding diaryl/α,β-unsaturated/α-hetero) is 1. The van der Waals surface area contributed by atoms with Crippen molar-refractivity contribution in [1.82, 2.24) is 4.98 Å². The van der Waals surface area contributed by atoms with E-state index in [1.54, 1.807) is 31.5 Å². The molecule has 0 aliphatic rings. The molecule has 104 valence electrons. The molecule has 0 saturated carbocycles. The summed E-state index contributed by atoms with van der Waals surface area (Å²) in [6.07, 6.45) is 1.66. The number of rotatable bonds is 5. The number of methoxy groups -OCH3 is 1. The average Bonchev–Trinajstić information content (AvgIpc) is 2.46. The zero-order valence-corrected chi connectivity index (χ0v) is 12.8. The monoisotopic (exact) mass is 307 g/mol. The Morgan fingerprint density at radius 3 is 2.90 bits per heavy atom. The van der Waals surface area contributed by atoms with Gasteiger partial charge in [0.1, 0.15) is 10.8 Å². The molecular formula is C15H14ClNO2S. The molecule has 0 spiro atoms. The Morgan fingerprint density at radius 2 is 2.20 bits per heavy atom. The summed E-state index contributed by atoms with van der Waals surface area (Å²) in [6, 6.07) is 9.06. The van der Waals surface area contributed by atoms with E-state index >= 15 is 0 Å². The second-order valence-electron chi connectivity index (χ2n) is 4.21. The maximum atomic E-state index is 12.2. The number of pyridine rings is 1. The topological polar surface area (TPSA) is 39.2 Å². The highest BCUT2D eigenvalue weighted by atomic mass is 35.5. The lowest BCUT2D eigenvalue weighted by Gasteiger charge is -2.08. The second-order valence-corrected chi connectivity index (χ2v) is 5.58. The SMILES string of the molecule is COc1cc(C)ccc1C(=O)CSc1ncccc1Cl. The molecule has 2 rings (SSSR count). The molecule has 3 nitrogen and oxygen atoms in total. The maximum Gasteiger partial charge on any atom is 0.176 e. The fourth-order valence-electron chi connectivity index (χ4n) is 1.72. The van der Waals surface area contributed by atoms with Gasteiger partial charge in [-0.1, -0.05) is 29.4 Å². The van der Waals surface area contributed by atoms with Crippen LogP contribution in [0.5, 0.6) is 5.75 Å². The number of hydrogen-bond donors (Lipinski definition) is 0. The Morgan fingerprint density at radius 1 is 1.40 bits per heavy atom. The molecular weight excluding hydrogens is 294 g/mol. The molecule has 0 aliphatic heterocycles. The van der Waals surface area contributed by atoms with Gasteiger partial charge in [0.2, 0.25) is 0 Å². The number of thioether (sulfide) groups is 1. The molecule has 0 radical (unpaired) electrons. The van der Waals surface area contributed by atoms with Gasteiger partial charge in [0, 0.05) is 6.20 Å². The van der Waals surface area contributed by atoms with E-state index in [4.69, 9.17) is 16.3 Å². The summed E-state index contributed by atoms with van der Waals surface area (Å²) in [4.78, 5) is 16.4. The first-order valence-corrected chi connectivity index (χ1v) is 7.39. The van der Waals surface area contributed by atoms with Crippen LogP contribution in [0.1, 0.15) is 15.9 Å². The minimum atomic E-state index is -0.00595. The van der Waals surface area contributed by atoms with E-state index in [2.05, 4.69) is 4.98 Å². The van der Waals surface area contributed by atoms with Gasteiger partial charge in [0.25, 0.3) is 0 Å². The largest absolute Gasteiger partial charge is 0.496 e.